The van der Waals surface area contributed by atoms with E-state index in [2.05, 4.69) is 32.4 Å². The molecule has 1 amide bonds. The number of amides is 1. The first-order chi connectivity index (χ1) is 17.2. The number of rotatable bonds is 6. The normalized spacial score (nSPS) is 23.3. The van der Waals surface area contributed by atoms with Crippen molar-refractivity contribution >= 4 is 23.4 Å². The van der Waals surface area contributed by atoms with Crippen LogP contribution in [0, 0.1) is 18.8 Å². The van der Waals surface area contributed by atoms with Crippen LogP contribution in [0.25, 0.3) is 0 Å². The van der Waals surface area contributed by atoms with Crippen molar-refractivity contribution in [1.29, 1.82) is 0 Å². The molecule has 1 aliphatic carbocycles. The number of nitrogens with zero attached hydrogens (tertiary/aromatic N) is 6. The van der Waals surface area contributed by atoms with Crippen LogP contribution in [0.15, 0.2) is 12.1 Å². The van der Waals surface area contributed by atoms with Gasteiger partial charge in [-0.1, -0.05) is 0 Å². The van der Waals surface area contributed by atoms with E-state index in [-0.39, 0.29) is 43.4 Å². The number of aryl methyl sites for hydroxylation is 1. The zero-order chi connectivity index (χ0) is 25.3. The standard InChI is InChI=1S/C25H36F2N8O/c1-17-13-22(32-31-17)29-21-15-23(34-11-9-33(2)10-12-34)30-20(28-21)14-18-5-8-35(16-18)24(36)19-3-6-25(26,27)7-4-19/h13,15,18-19H,3-12,14,16H2,1-2H3,(H2,28,29,30,31,32)/t18-/m1/s1. The lowest BCUT2D eigenvalue weighted by Gasteiger charge is -2.33. The molecule has 2 aromatic heterocycles. The molecule has 2 aromatic rings. The third-order valence-electron chi connectivity index (χ3n) is 7.68. The van der Waals surface area contributed by atoms with Gasteiger partial charge < -0.3 is 20.0 Å². The first-order valence-corrected chi connectivity index (χ1v) is 13.0. The summed E-state index contributed by atoms with van der Waals surface area (Å²) in [6.45, 7) is 7.02. The topological polar surface area (TPSA) is 93.3 Å². The van der Waals surface area contributed by atoms with Crippen LogP contribution < -0.4 is 10.2 Å². The van der Waals surface area contributed by atoms with Gasteiger partial charge in [-0.15, -0.1) is 0 Å². The lowest BCUT2D eigenvalue weighted by molar-refractivity contribution is -0.138. The Labute approximate surface area is 210 Å². The summed E-state index contributed by atoms with van der Waals surface area (Å²) in [6.07, 6.45) is 1.74. The molecule has 3 aliphatic rings. The van der Waals surface area contributed by atoms with Gasteiger partial charge in [0.2, 0.25) is 11.8 Å². The van der Waals surface area contributed by atoms with Crippen molar-refractivity contribution in [1.82, 2.24) is 30.0 Å². The van der Waals surface area contributed by atoms with Crippen molar-refractivity contribution in [2.45, 2.75) is 51.4 Å². The van der Waals surface area contributed by atoms with Gasteiger partial charge in [0.1, 0.15) is 17.5 Å². The van der Waals surface area contributed by atoms with Gasteiger partial charge in [-0.25, -0.2) is 18.7 Å². The third kappa shape index (κ3) is 5.93. The average Bonchev–Trinajstić information content (AvgIpc) is 3.47. The zero-order valence-electron chi connectivity index (χ0n) is 21.1. The average molecular weight is 503 g/mol. The Bertz CT molecular complexity index is 1060. The number of H-pyrrole nitrogens is 1. The molecule has 11 heteroatoms. The van der Waals surface area contributed by atoms with E-state index >= 15 is 0 Å². The Balaban J connectivity index is 1.26. The fourth-order valence-electron chi connectivity index (χ4n) is 5.45. The number of aromatic amines is 1. The largest absolute Gasteiger partial charge is 0.354 e. The summed E-state index contributed by atoms with van der Waals surface area (Å²) in [6, 6.07) is 3.90. The van der Waals surface area contributed by atoms with E-state index < -0.39 is 5.92 Å². The number of halogens is 2. The zero-order valence-corrected chi connectivity index (χ0v) is 21.1. The van der Waals surface area contributed by atoms with Crippen LogP contribution in [0.1, 0.15) is 43.6 Å². The molecule has 4 heterocycles. The Hall–Kier alpha value is -2.82. The molecular formula is C25H36F2N8O. The minimum atomic E-state index is -2.61. The summed E-state index contributed by atoms with van der Waals surface area (Å²) in [5, 5.41) is 10.5. The van der Waals surface area contributed by atoms with E-state index in [1.54, 1.807) is 0 Å². The second-order valence-electron chi connectivity index (χ2n) is 10.7. The summed E-state index contributed by atoms with van der Waals surface area (Å²) in [7, 11) is 2.13. The molecule has 196 valence electrons. The Kier molecular flexibility index (Phi) is 7.09. The molecular weight excluding hydrogens is 466 g/mol. The molecule has 2 N–H and O–H groups in total. The van der Waals surface area contributed by atoms with Crippen LogP contribution in [0.5, 0.6) is 0 Å². The molecule has 1 atom stereocenters. The maximum absolute atomic E-state index is 13.5. The fraction of sp³-hybridized carbons (Fsp3) is 0.680. The highest BCUT2D eigenvalue weighted by Gasteiger charge is 2.40. The predicted octanol–water partition coefficient (Wildman–Crippen LogP) is 3.22. The van der Waals surface area contributed by atoms with Gasteiger partial charge in [-0.3, -0.25) is 9.89 Å². The monoisotopic (exact) mass is 502 g/mol. The highest BCUT2D eigenvalue weighted by atomic mass is 19.3. The van der Waals surface area contributed by atoms with E-state index in [4.69, 9.17) is 9.97 Å². The first-order valence-electron chi connectivity index (χ1n) is 13.0. The van der Waals surface area contributed by atoms with Crippen LogP contribution in [0.3, 0.4) is 0 Å². The quantitative estimate of drug-likeness (QED) is 0.627. The summed E-state index contributed by atoms with van der Waals surface area (Å²) in [4.78, 5) is 29.1. The van der Waals surface area contributed by atoms with Crippen LogP contribution >= 0.6 is 0 Å². The maximum Gasteiger partial charge on any atom is 0.248 e. The lowest BCUT2D eigenvalue weighted by Crippen LogP contribution is -2.45. The number of likely N-dealkylation sites (N-methyl/N-ethyl adjacent to an activating group) is 1. The number of piperazine rings is 1. The van der Waals surface area contributed by atoms with E-state index in [1.807, 2.05) is 24.0 Å². The molecule has 2 aliphatic heterocycles. The van der Waals surface area contributed by atoms with Crippen LogP contribution in [0.2, 0.25) is 0 Å². The Morgan fingerprint density at radius 1 is 1.08 bits per heavy atom. The third-order valence-corrected chi connectivity index (χ3v) is 7.68. The molecule has 0 bridgehead atoms. The van der Waals surface area contributed by atoms with Crippen LogP contribution in [-0.2, 0) is 11.2 Å². The number of carbonyl (C=O) groups excluding carboxylic acids is 1. The lowest BCUT2D eigenvalue weighted by atomic mass is 9.86. The molecule has 2 saturated heterocycles. The molecule has 0 unspecified atom stereocenters. The molecule has 1 saturated carbocycles. The predicted molar refractivity (Wildman–Crippen MR) is 134 cm³/mol. The number of carbonyl (C=O) groups is 1. The fourth-order valence-corrected chi connectivity index (χ4v) is 5.45. The van der Waals surface area contributed by atoms with E-state index in [9.17, 15) is 13.6 Å². The number of alkyl halides is 2. The Morgan fingerprint density at radius 2 is 1.83 bits per heavy atom. The van der Waals surface area contributed by atoms with E-state index in [1.165, 1.54) is 0 Å². The van der Waals surface area contributed by atoms with Crippen molar-refractivity contribution in [2.24, 2.45) is 11.8 Å². The second kappa shape index (κ2) is 10.3. The van der Waals surface area contributed by atoms with Crippen molar-refractivity contribution in [2.75, 3.05) is 56.5 Å². The molecule has 5 rings (SSSR count). The maximum atomic E-state index is 13.5. The van der Waals surface area contributed by atoms with Gasteiger partial charge in [-0.05, 0) is 39.2 Å². The summed E-state index contributed by atoms with van der Waals surface area (Å²) in [5.41, 5.74) is 0.962. The van der Waals surface area contributed by atoms with Gasteiger partial charge in [0.15, 0.2) is 5.82 Å². The summed E-state index contributed by atoms with van der Waals surface area (Å²) in [5.74, 6) is 0.463. The number of aromatic nitrogens is 4. The molecule has 36 heavy (non-hydrogen) atoms. The van der Waals surface area contributed by atoms with Gasteiger partial charge in [0.25, 0.3) is 0 Å². The number of anilines is 3. The summed E-state index contributed by atoms with van der Waals surface area (Å²) >= 11 is 0. The number of hydrogen-bond acceptors (Lipinski definition) is 7. The second-order valence-corrected chi connectivity index (χ2v) is 10.7. The number of likely N-dealkylation sites (tertiary alicyclic amines) is 1. The molecule has 0 spiro atoms. The minimum Gasteiger partial charge on any atom is -0.354 e. The van der Waals surface area contributed by atoms with Crippen molar-refractivity contribution in [3.63, 3.8) is 0 Å². The minimum absolute atomic E-state index is 0.0383. The molecule has 9 nitrogen and oxygen atoms in total. The number of hydrogen-bond donors (Lipinski definition) is 2. The van der Waals surface area contributed by atoms with Gasteiger partial charge in [-0.2, -0.15) is 5.10 Å². The van der Waals surface area contributed by atoms with Gasteiger partial charge in [0, 0.05) is 82.3 Å². The highest BCUT2D eigenvalue weighted by molar-refractivity contribution is 5.79. The van der Waals surface area contributed by atoms with Crippen LogP contribution in [0.4, 0.5) is 26.2 Å². The van der Waals surface area contributed by atoms with Crippen molar-refractivity contribution < 1.29 is 13.6 Å². The first kappa shape index (κ1) is 24.9. The van der Waals surface area contributed by atoms with Crippen molar-refractivity contribution in [3.8, 4) is 0 Å². The SMILES string of the molecule is Cc1cc(Nc2cc(N3CCN(C)CC3)nc(C[C@H]3CCN(C(=O)C4CCC(F)(F)CC4)C3)n2)n[nH]1. The Morgan fingerprint density at radius 3 is 2.53 bits per heavy atom. The van der Waals surface area contributed by atoms with E-state index in [0.29, 0.717) is 31.1 Å². The molecule has 0 radical (unpaired) electrons. The van der Waals surface area contributed by atoms with Crippen LogP contribution in [-0.4, -0.2) is 88.1 Å². The van der Waals surface area contributed by atoms with E-state index in [0.717, 1.165) is 49.9 Å². The smallest absolute Gasteiger partial charge is 0.248 e. The van der Waals surface area contributed by atoms with Gasteiger partial charge in [0.05, 0.1) is 0 Å². The molecule has 3 fully saturated rings. The number of nitrogens with one attached hydrogen (secondary N) is 2. The summed E-state index contributed by atoms with van der Waals surface area (Å²) < 4.78 is 27.1. The highest BCUT2D eigenvalue weighted by Crippen LogP contribution is 2.37. The molecule has 0 aromatic carbocycles. The van der Waals surface area contributed by atoms with Crippen molar-refractivity contribution in [3.05, 3.63) is 23.7 Å². The van der Waals surface area contributed by atoms with Gasteiger partial charge >= 0.3 is 0 Å².